The molecule has 2 aromatic carbocycles. The number of carbonyl (C=O) groups is 1. The minimum atomic E-state index is -0.704. The van der Waals surface area contributed by atoms with E-state index >= 15 is 0 Å². The van der Waals surface area contributed by atoms with Gasteiger partial charge in [0.1, 0.15) is 0 Å². The summed E-state index contributed by atoms with van der Waals surface area (Å²) in [5.74, 6) is -0.471. The van der Waals surface area contributed by atoms with Gasteiger partial charge in [-0.2, -0.15) is 0 Å². The first-order chi connectivity index (χ1) is 9.08. The van der Waals surface area contributed by atoms with Crippen LogP contribution in [-0.4, -0.2) is 17.1 Å². The van der Waals surface area contributed by atoms with Crippen LogP contribution in [0.5, 0.6) is 0 Å². The first kappa shape index (κ1) is 13.6. The molecule has 0 heterocycles. The van der Waals surface area contributed by atoms with E-state index in [1.165, 1.54) is 10.9 Å². The van der Waals surface area contributed by atoms with Crippen LogP contribution in [0.2, 0.25) is 0 Å². The van der Waals surface area contributed by atoms with Crippen molar-refractivity contribution in [1.82, 2.24) is 0 Å². The van der Waals surface area contributed by atoms with Crippen molar-refractivity contribution in [1.29, 1.82) is 0 Å². The largest absolute Gasteiger partial charge is 0.392 e. The Balaban J connectivity index is 2.19. The first-order valence-corrected chi connectivity index (χ1v) is 6.56. The molecule has 0 radical (unpaired) electrons. The molecule has 0 aliphatic rings. The van der Waals surface area contributed by atoms with E-state index < -0.39 is 12.0 Å². The van der Waals surface area contributed by atoms with Gasteiger partial charge in [0, 0.05) is 0 Å². The molecule has 1 amide bonds. The fourth-order valence-corrected chi connectivity index (χ4v) is 2.27. The lowest BCUT2D eigenvalue weighted by Crippen LogP contribution is -2.21. The summed E-state index contributed by atoms with van der Waals surface area (Å²) >= 11 is 0. The molecule has 3 nitrogen and oxygen atoms in total. The third kappa shape index (κ3) is 3.55. The second-order valence-corrected chi connectivity index (χ2v) is 4.90. The SMILES string of the molecule is CCc1ccc2cc(C[C@H](O)CC(N)=O)ccc2c1. The summed E-state index contributed by atoms with van der Waals surface area (Å²) in [5.41, 5.74) is 7.40. The van der Waals surface area contributed by atoms with Crippen molar-refractivity contribution in [2.45, 2.75) is 32.3 Å². The zero-order valence-electron chi connectivity index (χ0n) is 11.1. The molecule has 100 valence electrons. The minimum Gasteiger partial charge on any atom is -0.392 e. The Kier molecular flexibility index (Phi) is 4.17. The lowest BCUT2D eigenvalue weighted by Gasteiger charge is -2.09. The van der Waals surface area contributed by atoms with Gasteiger partial charge in [-0.3, -0.25) is 4.79 Å². The first-order valence-electron chi connectivity index (χ1n) is 6.56. The van der Waals surface area contributed by atoms with Crippen molar-refractivity contribution in [2.24, 2.45) is 5.73 Å². The lowest BCUT2D eigenvalue weighted by molar-refractivity contribution is -0.119. The molecule has 3 N–H and O–H groups in total. The molecule has 2 aromatic rings. The Labute approximate surface area is 113 Å². The Bertz CT molecular complexity index is 592. The Morgan fingerprint density at radius 3 is 2.32 bits per heavy atom. The highest BCUT2D eigenvalue weighted by molar-refractivity contribution is 5.83. The predicted molar refractivity (Wildman–Crippen MR) is 76.8 cm³/mol. The molecule has 3 heteroatoms. The van der Waals surface area contributed by atoms with Crippen LogP contribution in [0.3, 0.4) is 0 Å². The summed E-state index contributed by atoms with van der Waals surface area (Å²) in [6.45, 7) is 2.13. The van der Waals surface area contributed by atoms with E-state index in [0.29, 0.717) is 6.42 Å². The highest BCUT2D eigenvalue weighted by Gasteiger charge is 2.09. The van der Waals surface area contributed by atoms with Gasteiger partial charge in [-0.05, 0) is 34.7 Å². The average Bonchev–Trinajstić information content (AvgIpc) is 2.37. The Morgan fingerprint density at radius 2 is 1.74 bits per heavy atom. The summed E-state index contributed by atoms with van der Waals surface area (Å²) in [7, 11) is 0. The highest BCUT2D eigenvalue weighted by Crippen LogP contribution is 2.19. The van der Waals surface area contributed by atoms with Gasteiger partial charge in [0.15, 0.2) is 0 Å². The Hall–Kier alpha value is -1.87. The molecule has 0 unspecified atom stereocenters. The number of primary amides is 1. The molecular weight excluding hydrogens is 238 g/mol. The van der Waals surface area contributed by atoms with Crippen molar-refractivity contribution in [2.75, 3.05) is 0 Å². The molecule has 0 aliphatic carbocycles. The standard InChI is InChI=1S/C16H19NO2/c1-2-11-3-5-14-8-12(4-6-13(14)7-11)9-15(18)10-16(17)19/h3-8,15,18H,2,9-10H2,1H3,(H2,17,19)/t15-/m0/s1. The third-order valence-corrected chi connectivity index (χ3v) is 3.29. The van der Waals surface area contributed by atoms with Gasteiger partial charge in [-0.1, -0.05) is 43.3 Å². The fraction of sp³-hybridized carbons (Fsp3) is 0.312. The van der Waals surface area contributed by atoms with Crippen LogP contribution < -0.4 is 5.73 Å². The minimum absolute atomic E-state index is 0.00676. The van der Waals surface area contributed by atoms with Gasteiger partial charge in [0.2, 0.25) is 5.91 Å². The molecule has 0 saturated heterocycles. The molecular formula is C16H19NO2. The number of aryl methyl sites for hydroxylation is 1. The van der Waals surface area contributed by atoms with Crippen molar-refractivity contribution < 1.29 is 9.90 Å². The fourth-order valence-electron chi connectivity index (χ4n) is 2.27. The molecule has 0 bridgehead atoms. The lowest BCUT2D eigenvalue weighted by atomic mass is 9.99. The second kappa shape index (κ2) is 5.85. The normalized spacial score (nSPS) is 12.5. The smallest absolute Gasteiger partial charge is 0.220 e. The van der Waals surface area contributed by atoms with Gasteiger partial charge in [-0.15, -0.1) is 0 Å². The number of hydrogen-bond donors (Lipinski definition) is 2. The maximum absolute atomic E-state index is 10.7. The van der Waals surface area contributed by atoms with E-state index in [2.05, 4.69) is 37.3 Å². The van der Waals surface area contributed by atoms with Crippen molar-refractivity contribution >= 4 is 16.7 Å². The van der Waals surface area contributed by atoms with Gasteiger partial charge in [0.05, 0.1) is 12.5 Å². The summed E-state index contributed by atoms with van der Waals surface area (Å²) in [6.07, 6.45) is 0.779. The van der Waals surface area contributed by atoms with E-state index in [4.69, 9.17) is 5.73 Å². The number of amides is 1. The van der Waals surface area contributed by atoms with E-state index in [1.54, 1.807) is 0 Å². The number of aliphatic hydroxyl groups excluding tert-OH is 1. The summed E-state index contributed by atoms with van der Waals surface area (Å²) < 4.78 is 0. The molecule has 19 heavy (non-hydrogen) atoms. The number of carbonyl (C=O) groups excluding carboxylic acids is 1. The number of aliphatic hydroxyl groups is 1. The van der Waals surface area contributed by atoms with Gasteiger partial charge >= 0.3 is 0 Å². The Morgan fingerprint density at radius 1 is 1.16 bits per heavy atom. The summed E-state index contributed by atoms with van der Waals surface area (Å²) in [5, 5.41) is 12.1. The van der Waals surface area contributed by atoms with E-state index in [-0.39, 0.29) is 6.42 Å². The molecule has 0 aliphatic heterocycles. The van der Waals surface area contributed by atoms with Crippen LogP contribution in [0, 0.1) is 0 Å². The number of rotatable bonds is 5. The van der Waals surface area contributed by atoms with Gasteiger partial charge < -0.3 is 10.8 Å². The number of fused-ring (bicyclic) bond motifs is 1. The van der Waals surface area contributed by atoms with Crippen LogP contribution in [0.25, 0.3) is 10.8 Å². The topological polar surface area (TPSA) is 63.3 Å². The van der Waals surface area contributed by atoms with Crippen LogP contribution in [0.4, 0.5) is 0 Å². The zero-order chi connectivity index (χ0) is 13.8. The van der Waals surface area contributed by atoms with E-state index in [9.17, 15) is 9.90 Å². The quantitative estimate of drug-likeness (QED) is 0.862. The van der Waals surface area contributed by atoms with Crippen molar-refractivity contribution in [3.05, 3.63) is 47.5 Å². The second-order valence-electron chi connectivity index (χ2n) is 4.90. The molecule has 0 spiro atoms. The van der Waals surface area contributed by atoms with Crippen molar-refractivity contribution in [3.63, 3.8) is 0 Å². The van der Waals surface area contributed by atoms with Crippen molar-refractivity contribution in [3.8, 4) is 0 Å². The summed E-state index contributed by atoms with van der Waals surface area (Å²) in [4.78, 5) is 10.7. The molecule has 0 aromatic heterocycles. The van der Waals surface area contributed by atoms with E-state index in [0.717, 1.165) is 17.4 Å². The number of nitrogens with two attached hydrogens (primary N) is 1. The highest BCUT2D eigenvalue weighted by atomic mass is 16.3. The van der Waals surface area contributed by atoms with Gasteiger partial charge in [0.25, 0.3) is 0 Å². The maximum Gasteiger partial charge on any atom is 0.220 e. The molecule has 2 rings (SSSR count). The zero-order valence-corrected chi connectivity index (χ0v) is 11.1. The monoisotopic (exact) mass is 257 g/mol. The average molecular weight is 257 g/mol. The number of benzene rings is 2. The summed E-state index contributed by atoms with van der Waals surface area (Å²) in [6, 6.07) is 12.5. The van der Waals surface area contributed by atoms with Gasteiger partial charge in [-0.25, -0.2) is 0 Å². The van der Waals surface area contributed by atoms with Crippen LogP contribution in [0.1, 0.15) is 24.5 Å². The van der Waals surface area contributed by atoms with E-state index in [1.807, 2.05) is 6.07 Å². The maximum atomic E-state index is 10.7. The third-order valence-electron chi connectivity index (χ3n) is 3.29. The molecule has 1 atom stereocenters. The van der Waals surface area contributed by atoms with Crippen LogP contribution in [0.15, 0.2) is 36.4 Å². The van der Waals surface area contributed by atoms with Crippen LogP contribution in [-0.2, 0) is 17.6 Å². The number of hydrogen-bond acceptors (Lipinski definition) is 2. The predicted octanol–water partition coefficient (Wildman–Crippen LogP) is 2.18. The molecule has 0 saturated carbocycles. The van der Waals surface area contributed by atoms with Crippen LogP contribution >= 0.6 is 0 Å². The molecule has 0 fully saturated rings.